The molecule has 0 amide bonds. The lowest BCUT2D eigenvalue weighted by Crippen LogP contribution is -2.45. The normalized spacial score (nSPS) is 18.1. The summed E-state index contributed by atoms with van der Waals surface area (Å²) in [6, 6.07) is 0. The van der Waals surface area contributed by atoms with Crippen molar-refractivity contribution in [1.82, 2.24) is 14.8 Å². The largest absolute Gasteiger partial charge is 0.383 e. The molecule has 1 aliphatic rings. The van der Waals surface area contributed by atoms with Crippen LogP contribution in [0, 0.1) is 12.3 Å². The number of amidine groups is 1. The summed E-state index contributed by atoms with van der Waals surface area (Å²) in [4.78, 5) is 10.1. The van der Waals surface area contributed by atoms with Gasteiger partial charge in [-0.15, -0.1) is 11.3 Å². The van der Waals surface area contributed by atoms with Crippen LogP contribution >= 0.6 is 11.3 Å². The second-order valence-corrected chi connectivity index (χ2v) is 5.91. The number of nitrogen functional groups attached to an aromatic ring is 1. The number of thiazole rings is 1. The van der Waals surface area contributed by atoms with Crippen molar-refractivity contribution < 1.29 is 0 Å². The van der Waals surface area contributed by atoms with Crippen LogP contribution in [-0.4, -0.2) is 60.4 Å². The van der Waals surface area contributed by atoms with Crippen molar-refractivity contribution in [2.24, 2.45) is 5.73 Å². The number of likely N-dealkylation sites (N-methyl/N-ethyl adjacent to an activating group) is 1. The first-order chi connectivity index (χ1) is 8.56. The van der Waals surface area contributed by atoms with Gasteiger partial charge in [-0.05, 0) is 14.0 Å². The third kappa shape index (κ3) is 3.28. The van der Waals surface area contributed by atoms with Crippen LogP contribution in [0.1, 0.15) is 15.6 Å². The van der Waals surface area contributed by atoms with Gasteiger partial charge in [-0.2, -0.15) is 0 Å². The number of rotatable bonds is 4. The highest BCUT2D eigenvalue weighted by molar-refractivity contribution is 7.13. The smallest absolute Gasteiger partial charge is 0.135 e. The number of nitrogens with zero attached hydrogens (tertiary/aromatic N) is 3. The lowest BCUT2D eigenvalue weighted by atomic mass is 10.3. The SMILES string of the molecule is Cc1nc(CCN2CCN(C)CC2)sc1C(=N)N. The lowest BCUT2D eigenvalue weighted by Gasteiger charge is -2.32. The molecule has 1 fully saturated rings. The van der Waals surface area contributed by atoms with E-state index < -0.39 is 0 Å². The van der Waals surface area contributed by atoms with Gasteiger partial charge in [0, 0.05) is 39.1 Å². The fourth-order valence-corrected chi connectivity index (χ4v) is 3.05. The Kier molecular flexibility index (Phi) is 4.31. The number of aryl methyl sites for hydroxylation is 1. The van der Waals surface area contributed by atoms with E-state index in [2.05, 4.69) is 21.8 Å². The summed E-state index contributed by atoms with van der Waals surface area (Å²) >= 11 is 1.56. The molecule has 0 radical (unpaired) electrons. The zero-order valence-corrected chi connectivity index (χ0v) is 11.9. The van der Waals surface area contributed by atoms with E-state index in [1.807, 2.05) is 6.92 Å². The average Bonchev–Trinajstić information content (AvgIpc) is 2.70. The van der Waals surface area contributed by atoms with E-state index in [0.717, 1.165) is 54.7 Å². The monoisotopic (exact) mass is 267 g/mol. The van der Waals surface area contributed by atoms with Gasteiger partial charge in [0.2, 0.25) is 0 Å². The third-order valence-corrected chi connectivity index (χ3v) is 4.57. The van der Waals surface area contributed by atoms with Crippen LogP contribution in [0.25, 0.3) is 0 Å². The fourth-order valence-electron chi connectivity index (χ4n) is 2.13. The molecular weight excluding hydrogens is 246 g/mol. The lowest BCUT2D eigenvalue weighted by molar-refractivity contribution is 0.155. The van der Waals surface area contributed by atoms with E-state index in [1.54, 1.807) is 11.3 Å². The molecule has 6 heteroatoms. The molecule has 0 bridgehead atoms. The molecule has 5 nitrogen and oxygen atoms in total. The van der Waals surface area contributed by atoms with Crippen LogP contribution < -0.4 is 5.73 Å². The van der Waals surface area contributed by atoms with Crippen LogP contribution in [0.5, 0.6) is 0 Å². The molecule has 1 saturated heterocycles. The standard InChI is InChI=1S/C12H21N5S/c1-9-11(12(13)14)18-10(15-9)3-4-17-7-5-16(2)6-8-17/h3-8H2,1-2H3,(H3,13,14). The number of hydrogen-bond donors (Lipinski definition) is 2. The molecule has 1 aromatic heterocycles. The topological polar surface area (TPSA) is 69.2 Å². The second kappa shape index (κ2) is 5.77. The predicted octanol–water partition coefficient (Wildman–Crippen LogP) is 0.525. The predicted molar refractivity (Wildman–Crippen MR) is 75.5 cm³/mol. The Morgan fingerprint density at radius 1 is 1.39 bits per heavy atom. The van der Waals surface area contributed by atoms with Crippen molar-refractivity contribution in [2.75, 3.05) is 39.8 Å². The van der Waals surface area contributed by atoms with Crippen molar-refractivity contribution in [3.63, 3.8) is 0 Å². The molecule has 0 aliphatic carbocycles. The van der Waals surface area contributed by atoms with E-state index in [1.165, 1.54) is 0 Å². The van der Waals surface area contributed by atoms with E-state index in [-0.39, 0.29) is 5.84 Å². The summed E-state index contributed by atoms with van der Waals surface area (Å²) in [6.45, 7) is 7.55. The summed E-state index contributed by atoms with van der Waals surface area (Å²) in [6.07, 6.45) is 0.961. The quantitative estimate of drug-likeness (QED) is 0.616. The van der Waals surface area contributed by atoms with Gasteiger partial charge in [0.15, 0.2) is 0 Å². The first-order valence-electron chi connectivity index (χ1n) is 6.28. The summed E-state index contributed by atoms with van der Waals surface area (Å²) < 4.78 is 0. The van der Waals surface area contributed by atoms with Gasteiger partial charge in [-0.25, -0.2) is 4.98 Å². The van der Waals surface area contributed by atoms with Crippen LogP contribution in [0.3, 0.4) is 0 Å². The molecule has 0 saturated carbocycles. The van der Waals surface area contributed by atoms with Gasteiger partial charge in [0.1, 0.15) is 5.84 Å². The van der Waals surface area contributed by atoms with Gasteiger partial charge in [0.25, 0.3) is 0 Å². The highest BCUT2D eigenvalue weighted by Gasteiger charge is 2.15. The van der Waals surface area contributed by atoms with Crippen LogP contribution in [0.15, 0.2) is 0 Å². The molecule has 3 N–H and O–H groups in total. The summed E-state index contributed by atoms with van der Waals surface area (Å²) in [5.74, 6) is 0.135. The summed E-state index contributed by atoms with van der Waals surface area (Å²) in [7, 11) is 2.17. The van der Waals surface area contributed by atoms with Crippen LogP contribution in [-0.2, 0) is 6.42 Å². The highest BCUT2D eigenvalue weighted by atomic mass is 32.1. The molecule has 18 heavy (non-hydrogen) atoms. The molecular formula is C12H21N5S. The molecule has 0 spiro atoms. The first kappa shape index (κ1) is 13.5. The van der Waals surface area contributed by atoms with Crippen molar-refractivity contribution in [1.29, 1.82) is 5.41 Å². The Morgan fingerprint density at radius 2 is 2.06 bits per heavy atom. The molecule has 100 valence electrons. The maximum absolute atomic E-state index is 7.47. The molecule has 1 aromatic rings. The number of nitrogens with two attached hydrogens (primary N) is 1. The van der Waals surface area contributed by atoms with Crippen molar-refractivity contribution >= 4 is 17.2 Å². The van der Waals surface area contributed by atoms with Crippen molar-refractivity contribution in [3.8, 4) is 0 Å². The van der Waals surface area contributed by atoms with Gasteiger partial charge in [-0.1, -0.05) is 0 Å². The number of nitrogens with one attached hydrogen (secondary N) is 1. The first-order valence-corrected chi connectivity index (χ1v) is 7.09. The molecule has 1 aliphatic heterocycles. The molecule has 2 heterocycles. The second-order valence-electron chi connectivity index (χ2n) is 4.83. The Balaban J connectivity index is 1.86. The maximum Gasteiger partial charge on any atom is 0.135 e. The maximum atomic E-state index is 7.47. The Hall–Kier alpha value is -0.980. The van der Waals surface area contributed by atoms with Crippen LogP contribution in [0.2, 0.25) is 0 Å². The minimum Gasteiger partial charge on any atom is -0.383 e. The van der Waals surface area contributed by atoms with Gasteiger partial charge >= 0.3 is 0 Å². The van der Waals surface area contributed by atoms with E-state index >= 15 is 0 Å². The minimum absolute atomic E-state index is 0.135. The average molecular weight is 267 g/mol. The number of hydrogen-bond acceptors (Lipinski definition) is 5. The van der Waals surface area contributed by atoms with Crippen molar-refractivity contribution in [3.05, 3.63) is 15.6 Å². The van der Waals surface area contributed by atoms with Gasteiger partial charge in [0.05, 0.1) is 15.6 Å². The Bertz CT molecular complexity index is 420. The minimum atomic E-state index is 0.135. The third-order valence-electron chi connectivity index (χ3n) is 3.32. The molecule has 2 rings (SSSR count). The Morgan fingerprint density at radius 3 is 2.61 bits per heavy atom. The highest BCUT2D eigenvalue weighted by Crippen LogP contribution is 2.18. The van der Waals surface area contributed by atoms with E-state index in [4.69, 9.17) is 11.1 Å². The number of piperazine rings is 1. The fraction of sp³-hybridized carbons (Fsp3) is 0.667. The molecule has 0 atom stereocenters. The summed E-state index contributed by atoms with van der Waals surface area (Å²) in [5, 5.41) is 8.57. The van der Waals surface area contributed by atoms with Crippen molar-refractivity contribution in [2.45, 2.75) is 13.3 Å². The van der Waals surface area contributed by atoms with Gasteiger partial charge in [-0.3, -0.25) is 5.41 Å². The summed E-state index contributed by atoms with van der Waals surface area (Å²) in [5.41, 5.74) is 6.41. The van der Waals surface area contributed by atoms with Crippen LogP contribution in [0.4, 0.5) is 0 Å². The Labute approximate surface area is 112 Å². The molecule has 0 aromatic carbocycles. The zero-order valence-electron chi connectivity index (χ0n) is 11.1. The van der Waals surface area contributed by atoms with E-state index in [0.29, 0.717) is 0 Å². The van der Waals surface area contributed by atoms with Gasteiger partial charge < -0.3 is 15.5 Å². The zero-order chi connectivity index (χ0) is 13.1. The van der Waals surface area contributed by atoms with E-state index in [9.17, 15) is 0 Å². The molecule has 0 unspecified atom stereocenters. The number of aromatic nitrogens is 1.